The number of hydrogen-bond acceptors (Lipinski definition) is 3. The molecule has 4 heteroatoms. The van der Waals surface area contributed by atoms with Crippen LogP contribution in [0, 0.1) is 6.92 Å². The van der Waals surface area contributed by atoms with E-state index in [1.807, 2.05) is 11.8 Å². The molecular weight excluding hydrogens is 276 g/mol. The van der Waals surface area contributed by atoms with Gasteiger partial charge < -0.3 is 9.32 Å². The molecule has 1 rings (SSSR count). The number of carbonyl (C=O) groups excluding carboxylic acids is 1. The van der Waals surface area contributed by atoms with E-state index in [1.165, 1.54) is 0 Å². The number of carbonyl (C=O) groups is 1. The van der Waals surface area contributed by atoms with Gasteiger partial charge in [0, 0.05) is 18.5 Å². The highest BCUT2D eigenvalue weighted by molar-refractivity contribution is 5.78. The largest absolute Gasteiger partial charge is 0.444 e. The van der Waals surface area contributed by atoms with Gasteiger partial charge in [0.1, 0.15) is 5.76 Å². The molecule has 0 atom stereocenters. The number of hydrogen-bond donors (Lipinski definition) is 0. The fraction of sp³-hybridized carbons (Fsp3) is 0.778. The van der Waals surface area contributed by atoms with E-state index >= 15 is 0 Å². The van der Waals surface area contributed by atoms with E-state index in [4.69, 9.17) is 4.42 Å². The van der Waals surface area contributed by atoms with Gasteiger partial charge in [0.05, 0.1) is 12.1 Å². The fourth-order valence-corrected chi connectivity index (χ4v) is 2.22. The Hall–Kier alpha value is -1.32. The Bertz CT molecular complexity index is 464. The number of aromatic nitrogens is 1. The Morgan fingerprint density at radius 2 is 1.68 bits per heavy atom. The van der Waals surface area contributed by atoms with Crippen LogP contribution in [0.3, 0.4) is 0 Å². The second-order valence-corrected chi connectivity index (χ2v) is 7.04. The minimum Gasteiger partial charge on any atom is -0.444 e. The van der Waals surface area contributed by atoms with Crippen LogP contribution in [-0.4, -0.2) is 28.9 Å². The third kappa shape index (κ3) is 5.47. The lowest BCUT2D eigenvalue weighted by Crippen LogP contribution is -2.34. The van der Waals surface area contributed by atoms with Gasteiger partial charge in [-0.05, 0) is 19.8 Å². The molecule has 0 N–H and O–H groups in total. The summed E-state index contributed by atoms with van der Waals surface area (Å²) in [7, 11) is 0. The standard InChI is InChI=1S/C18H32N2O2/c1-7-9-11-20(12-10-8-2)16(21)13-15-14(3)19-17(22-15)18(4,5)6/h7-13H2,1-6H3. The molecule has 0 fully saturated rings. The summed E-state index contributed by atoms with van der Waals surface area (Å²) in [5.74, 6) is 1.58. The molecule has 0 aliphatic carbocycles. The van der Waals surface area contributed by atoms with E-state index in [0.29, 0.717) is 18.1 Å². The van der Waals surface area contributed by atoms with Crippen LogP contribution >= 0.6 is 0 Å². The van der Waals surface area contributed by atoms with E-state index in [9.17, 15) is 4.79 Å². The third-order valence-corrected chi connectivity index (χ3v) is 3.76. The summed E-state index contributed by atoms with van der Waals surface area (Å²) in [5.41, 5.74) is 0.708. The highest BCUT2D eigenvalue weighted by Crippen LogP contribution is 2.24. The molecular formula is C18H32N2O2. The van der Waals surface area contributed by atoms with Crippen molar-refractivity contribution in [2.45, 2.75) is 79.1 Å². The zero-order chi connectivity index (χ0) is 16.8. The first-order chi connectivity index (χ1) is 10.3. The summed E-state index contributed by atoms with van der Waals surface area (Å²) in [6, 6.07) is 0. The van der Waals surface area contributed by atoms with E-state index in [2.05, 4.69) is 39.6 Å². The number of rotatable bonds is 8. The number of oxazole rings is 1. The first kappa shape index (κ1) is 18.7. The molecule has 0 aliphatic heterocycles. The van der Waals surface area contributed by atoms with Gasteiger partial charge in [0.25, 0.3) is 0 Å². The van der Waals surface area contributed by atoms with Crippen molar-refractivity contribution >= 4 is 5.91 Å². The minimum absolute atomic E-state index is 0.129. The van der Waals surface area contributed by atoms with Crippen molar-refractivity contribution in [2.75, 3.05) is 13.1 Å². The third-order valence-electron chi connectivity index (χ3n) is 3.76. The van der Waals surface area contributed by atoms with Crippen LogP contribution in [-0.2, 0) is 16.6 Å². The van der Waals surface area contributed by atoms with Crippen LogP contribution in [0.1, 0.15) is 77.6 Å². The van der Waals surface area contributed by atoms with Crippen molar-refractivity contribution in [1.82, 2.24) is 9.88 Å². The highest BCUT2D eigenvalue weighted by atomic mass is 16.4. The van der Waals surface area contributed by atoms with Crippen LogP contribution in [0.25, 0.3) is 0 Å². The molecule has 0 aliphatic rings. The summed E-state index contributed by atoms with van der Waals surface area (Å²) in [4.78, 5) is 19.0. The van der Waals surface area contributed by atoms with E-state index in [0.717, 1.165) is 44.5 Å². The lowest BCUT2D eigenvalue weighted by Gasteiger charge is -2.22. The van der Waals surface area contributed by atoms with Crippen molar-refractivity contribution in [3.63, 3.8) is 0 Å². The quantitative estimate of drug-likeness (QED) is 0.721. The molecule has 22 heavy (non-hydrogen) atoms. The van der Waals surface area contributed by atoms with Gasteiger partial charge in [-0.15, -0.1) is 0 Å². The molecule has 0 saturated carbocycles. The maximum Gasteiger partial charge on any atom is 0.230 e. The van der Waals surface area contributed by atoms with Gasteiger partial charge in [-0.2, -0.15) is 0 Å². The van der Waals surface area contributed by atoms with Crippen molar-refractivity contribution in [3.8, 4) is 0 Å². The SMILES string of the molecule is CCCCN(CCCC)C(=O)Cc1oc(C(C)(C)C)nc1C. The normalized spacial score (nSPS) is 11.7. The number of amides is 1. The molecule has 4 nitrogen and oxygen atoms in total. The molecule has 0 unspecified atom stereocenters. The molecule has 1 aromatic rings. The smallest absolute Gasteiger partial charge is 0.230 e. The van der Waals surface area contributed by atoms with Crippen LogP contribution in [0.2, 0.25) is 0 Å². The molecule has 1 amide bonds. The zero-order valence-electron chi connectivity index (χ0n) is 15.2. The average molecular weight is 308 g/mol. The van der Waals surface area contributed by atoms with E-state index in [-0.39, 0.29) is 11.3 Å². The Kier molecular flexibility index (Phi) is 7.11. The minimum atomic E-state index is -0.129. The van der Waals surface area contributed by atoms with Crippen molar-refractivity contribution in [2.24, 2.45) is 0 Å². The Labute approximate surface area is 135 Å². The Morgan fingerprint density at radius 1 is 1.14 bits per heavy atom. The molecule has 1 heterocycles. The summed E-state index contributed by atoms with van der Waals surface area (Å²) in [6.07, 6.45) is 4.63. The predicted molar refractivity (Wildman–Crippen MR) is 90.0 cm³/mol. The lowest BCUT2D eigenvalue weighted by atomic mass is 9.97. The predicted octanol–water partition coefficient (Wildman–Crippen LogP) is 4.25. The molecule has 0 bridgehead atoms. The zero-order valence-corrected chi connectivity index (χ0v) is 15.2. The summed E-state index contributed by atoms with van der Waals surface area (Å²) in [6.45, 7) is 14.1. The maximum absolute atomic E-state index is 12.6. The van der Waals surface area contributed by atoms with Gasteiger partial charge in [-0.1, -0.05) is 47.5 Å². The van der Waals surface area contributed by atoms with Gasteiger partial charge in [-0.25, -0.2) is 4.98 Å². The number of unbranched alkanes of at least 4 members (excludes halogenated alkanes) is 2. The number of aryl methyl sites for hydroxylation is 1. The van der Waals surface area contributed by atoms with Crippen LogP contribution in [0.15, 0.2) is 4.42 Å². The molecule has 0 spiro atoms. The second-order valence-electron chi connectivity index (χ2n) is 7.04. The van der Waals surface area contributed by atoms with Crippen LogP contribution in [0.5, 0.6) is 0 Å². The van der Waals surface area contributed by atoms with Crippen LogP contribution in [0.4, 0.5) is 0 Å². The summed E-state index contributed by atoms with van der Waals surface area (Å²) >= 11 is 0. The van der Waals surface area contributed by atoms with Crippen molar-refractivity contribution in [3.05, 3.63) is 17.3 Å². The lowest BCUT2D eigenvalue weighted by molar-refractivity contribution is -0.130. The monoisotopic (exact) mass is 308 g/mol. The highest BCUT2D eigenvalue weighted by Gasteiger charge is 2.24. The second kappa shape index (κ2) is 8.35. The molecule has 1 aromatic heterocycles. The van der Waals surface area contributed by atoms with Crippen molar-refractivity contribution in [1.29, 1.82) is 0 Å². The van der Waals surface area contributed by atoms with Gasteiger partial charge >= 0.3 is 0 Å². The van der Waals surface area contributed by atoms with Gasteiger partial charge in [0.2, 0.25) is 5.91 Å². The van der Waals surface area contributed by atoms with Crippen molar-refractivity contribution < 1.29 is 9.21 Å². The average Bonchev–Trinajstić information content (AvgIpc) is 2.80. The Balaban J connectivity index is 2.77. The van der Waals surface area contributed by atoms with E-state index in [1.54, 1.807) is 0 Å². The topological polar surface area (TPSA) is 46.3 Å². The first-order valence-corrected chi connectivity index (χ1v) is 8.54. The first-order valence-electron chi connectivity index (χ1n) is 8.54. The summed E-state index contributed by atoms with van der Waals surface area (Å²) < 4.78 is 5.85. The molecule has 0 saturated heterocycles. The molecule has 0 aromatic carbocycles. The molecule has 0 radical (unpaired) electrons. The van der Waals surface area contributed by atoms with Crippen LogP contribution < -0.4 is 0 Å². The van der Waals surface area contributed by atoms with Gasteiger partial charge in [-0.3, -0.25) is 4.79 Å². The summed E-state index contributed by atoms with van der Waals surface area (Å²) in [5, 5.41) is 0. The van der Waals surface area contributed by atoms with E-state index < -0.39 is 0 Å². The number of nitrogens with zero attached hydrogens (tertiary/aromatic N) is 2. The Morgan fingerprint density at radius 3 is 2.09 bits per heavy atom. The fourth-order valence-electron chi connectivity index (χ4n) is 2.22. The molecule has 126 valence electrons. The maximum atomic E-state index is 12.6. The van der Waals surface area contributed by atoms with Gasteiger partial charge in [0.15, 0.2) is 5.89 Å².